The first kappa shape index (κ1) is 31.1. The highest BCUT2D eigenvalue weighted by molar-refractivity contribution is 7.17. The largest absolute Gasteiger partial charge is 0.496 e. The van der Waals surface area contributed by atoms with E-state index in [9.17, 15) is 4.79 Å². The lowest BCUT2D eigenvalue weighted by Crippen LogP contribution is -2.44. The summed E-state index contributed by atoms with van der Waals surface area (Å²) in [5, 5.41) is 16.3. The topological polar surface area (TPSA) is 99.9 Å². The fourth-order valence-electron chi connectivity index (χ4n) is 5.15. The van der Waals surface area contributed by atoms with Crippen LogP contribution in [0, 0.1) is 18.7 Å². The molecule has 0 saturated heterocycles. The van der Waals surface area contributed by atoms with E-state index in [1.165, 1.54) is 13.2 Å². The van der Waals surface area contributed by atoms with Gasteiger partial charge in [0.15, 0.2) is 8.32 Å². The van der Waals surface area contributed by atoms with E-state index in [1.807, 2.05) is 6.92 Å². The van der Waals surface area contributed by atoms with Crippen molar-refractivity contribution in [2.75, 3.05) is 19.0 Å². The number of nitrogens with one attached hydrogen (secondary N) is 1. The molecule has 0 radical (unpaired) electrons. The Kier molecular flexibility index (Phi) is 8.91. The third kappa shape index (κ3) is 6.76. The SMILES string of the molecule is COc1cccc(F)c1-c1cn2ncc(C)c2cc1C(=O)Nc1nnc(OCC2CCC(O[Si](C)(C)C(C)(C)C)CC2)s1. The minimum atomic E-state index is -1.78. The van der Waals surface area contributed by atoms with Gasteiger partial charge < -0.3 is 13.9 Å². The van der Waals surface area contributed by atoms with Crippen molar-refractivity contribution in [3.05, 3.63) is 53.6 Å². The molecule has 43 heavy (non-hydrogen) atoms. The van der Waals surface area contributed by atoms with E-state index in [2.05, 4.69) is 54.5 Å². The molecule has 0 bridgehead atoms. The molecule has 1 fully saturated rings. The summed E-state index contributed by atoms with van der Waals surface area (Å²) in [4.78, 5) is 13.6. The van der Waals surface area contributed by atoms with E-state index in [0.29, 0.717) is 40.3 Å². The third-order valence-corrected chi connectivity index (χ3v) is 14.0. The zero-order valence-corrected chi connectivity index (χ0v) is 27.7. The van der Waals surface area contributed by atoms with Crippen molar-refractivity contribution in [3.8, 4) is 22.1 Å². The second-order valence-corrected chi connectivity index (χ2v) is 18.4. The van der Waals surface area contributed by atoms with Crippen molar-refractivity contribution in [1.82, 2.24) is 19.8 Å². The number of methoxy groups -OCH3 is 1. The minimum absolute atomic E-state index is 0.177. The number of benzene rings is 1. The van der Waals surface area contributed by atoms with Crippen LogP contribution < -0.4 is 14.8 Å². The summed E-state index contributed by atoms with van der Waals surface area (Å²) in [6, 6.07) is 6.25. The Bertz CT molecular complexity index is 1610. The predicted molar refractivity (Wildman–Crippen MR) is 169 cm³/mol. The van der Waals surface area contributed by atoms with Gasteiger partial charge in [0, 0.05) is 17.9 Å². The van der Waals surface area contributed by atoms with E-state index >= 15 is 4.39 Å². The Morgan fingerprint density at radius 1 is 1.19 bits per heavy atom. The smallest absolute Gasteiger partial charge is 0.295 e. The molecule has 1 N–H and O–H groups in total. The van der Waals surface area contributed by atoms with Gasteiger partial charge in [-0.3, -0.25) is 10.1 Å². The zero-order chi connectivity index (χ0) is 30.9. The van der Waals surface area contributed by atoms with E-state index in [0.717, 1.165) is 48.1 Å². The Hall–Kier alpha value is -3.35. The van der Waals surface area contributed by atoms with Crippen molar-refractivity contribution in [1.29, 1.82) is 0 Å². The minimum Gasteiger partial charge on any atom is -0.496 e. The van der Waals surface area contributed by atoms with Crippen molar-refractivity contribution < 1.29 is 23.1 Å². The van der Waals surface area contributed by atoms with Crippen LogP contribution >= 0.6 is 11.3 Å². The van der Waals surface area contributed by atoms with Gasteiger partial charge in [0.1, 0.15) is 11.6 Å². The van der Waals surface area contributed by atoms with Crippen molar-refractivity contribution in [2.45, 2.75) is 77.6 Å². The van der Waals surface area contributed by atoms with Crippen molar-refractivity contribution >= 4 is 36.2 Å². The first-order valence-corrected chi connectivity index (χ1v) is 18.3. The maximum atomic E-state index is 15.1. The monoisotopic (exact) mass is 625 g/mol. The molecular formula is C31H40FN5O4SSi. The molecule has 1 aromatic carbocycles. The first-order chi connectivity index (χ1) is 20.4. The number of carbonyl (C=O) groups excluding carboxylic acids is 1. The van der Waals surface area contributed by atoms with Crippen molar-refractivity contribution in [3.63, 3.8) is 0 Å². The van der Waals surface area contributed by atoms with Gasteiger partial charge >= 0.3 is 0 Å². The fraction of sp³-hybridized carbons (Fsp3) is 0.484. The summed E-state index contributed by atoms with van der Waals surface area (Å²) in [5.74, 6) is -0.232. The molecule has 1 amide bonds. The van der Waals surface area contributed by atoms with E-state index in [-0.39, 0.29) is 16.2 Å². The molecule has 0 atom stereocenters. The van der Waals surface area contributed by atoms with Crippen LogP contribution in [0.25, 0.3) is 16.6 Å². The van der Waals surface area contributed by atoms with Crippen LogP contribution in [0.4, 0.5) is 9.52 Å². The van der Waals surface area contributed by atoms with Gasteiger partial charge in [-0.1, -0.05) is 31.9 Å². The lowest BCUT2D eigenvalue weighted by Gasteiger charge is -2.41. The van der Waals surface area contributed by atoms with Gasteiger partial charge in [-0.2, -0.15) is 5.10 Å². The summed E-state index contributed by atoms with van der Waals surface area (Å²) >= 11 is 1.16. The van der Waals surface area contributed by atoms with Crippen molar-refractivity contribution in [2.24, 2.45) is 5.92 Å². The number of aryl methyl sites for hydroxylation is 1. The molecule has 230 valence electrons. The summed E-state index contributed by atoms with van der Waals surface area (Å²) < 4.78 is 34.8. The maximum Gasteiger partial charge on any atom is 0.295 e. The molecule has 3 aromatic heterocycles. The standard InChI is InChI=1S/C31H40FN5O4SSi/c1-19-16-33-37-17-23(27-24(32)9-8-10-26(27)39-5)22(15-25(19)37)28(38)34-29-35-36-30(42-29)40-18-20-11-13-21(14-12-20)41-43(6,7)31(2,3)4/h8-10,15-17,20-21H,11-14,18H2,1-7H3,(H,34,35,38). The molecule has 5 rings (SSSR count). The number of rotatable bonds is 9. The highest BCUT2D eigenvalue weighted by Gasteiger charge is 2.39. The van der Waals surface area contributed by atoms with Gasteiger partial charge in [0.2, 0.25) is 5.13 Å². The summed E-state index contributed by atoms with van der Waals surface area (Å²) in [6.07, 6.45) is 7.81. The number of amides is 1. The molecule has 0 unspecified atom stereocenters. The molecule has 1 aliphatic rings. The lowest BCUT2D eigenvalue weighted by molar-refractivity contribution is 0.0983. The second kappa shape index (κ2) is 12.3. The molecule has 4 aromatic rings. The van der Waals surface area contributed by atoms with E-state index < -0.39 is 20.0 Å². The number of anilines is 1. The van der Waals surface area contributed by atoms with Crippen LogP contribution in [-0.4, -0.2) is 53.9 Å². The van der Waals surface area contributed by atoms with Gasteiger partial charge in [-0.25, -0.2) is 8.91 Å². The molecular weight excluding hydrogens is 586 g/mol. The van der Waals surface area contributed by atoms with Crippen LogP contribution in [0.2, 0.25) is 18.1 Å². The zero-order valence-electron chi connectivity index (χ0n) is 25.9. The van der Waals surface area contributed by atoms with Gasteiger partial charge in [0.05, 0.1) is 36.6 Å². The average molecular weight is 626 g/mol. The number of hydrogen-bond donors (Lipinski definition) is 1. The van der Waals surface area contributed by atoms with Gasteiger partial charge in [-0.05, 0) is 91.8 Å². The molecule has 1 aliphatic carbocycles. The predicted octanol–water partition coefficient (Wildman–Crippen LogP) is 7.52. The summed E-state index contributed by atoms with van der Waals surface area (Å²) in [7, 11) is -0.312. The Morgan fingerprint density at radius 2 is 1.93 bits per heavy atom. The summed E-state index contributed by atoms with van der Waals surface area (Å²) in [6.45, 7) is 13.9. The molecule has 9 nitrogen and oxygen atoms in total. The van der Waals surface area contributed by atoms with E-state index in [4.69, 9.17) is 13.9 Å². The highest BCUT2D eigenvalue weighted by Crippen LogP contribution is 2.40. The molecule has 0 spiro atoms. The number of nitrogens with zero attached hydrogens (tertiary/aromatic N) is 4. The first-order valence-electron chi connectivity index (χ1n) is 14.6. The molecule has 0 aliphatic heterocycles. The summed E-state index contributed by atoms with van der Waals surface area (Å²) in [5.41, 5.74) is 2.39. The van der Waals surface area contributed by atoms with Crippen LogP contribution in [0.3, 0.4) is 0 Å². The molecule has 12 heteroatoms. The fourth-order valence-corrected chi connectivity index (χ4v) is 7.17. The quantitative estimate of drug-likeness (QED) is 0.192. The van der Waals surface area contributed by atoms with Crippen LogP contribution in [0.5, 0.6) is 10.9 Å². The Balaban J connectivity index is 1.25. The van der Waals surface area contributed by atoms with Gasteiger partial charge in [-0.15, -0.1) is 5.10 Å². The Morgan fingerprint density at radius 3 is 2.63 bits per heavy atom. The highest BCUT2D eigenvalue weighted by atomic mass is 32.1. The lowest BCUT2D eigenvalue weighted by atomic mass is 9.88. The van der Waals surface area contributed by atoms with Crippen LogP contribution in [0.15, 0.2) is 36.7 Å². The number of hydrogen-bond acceptors (Lipinski definition) is 8. The number of ether oxygens (including phenoxy) is 2. The number of carbonyl (C=O) groups is 1. The van der Waals surface area contributed by atoms with Crippen LogP contribution in [0.1, 0.15) is 62.4 Å². The van der Waals surface area contributed by atoms with Gasteiger partial charge in [0.25, 0.3) is 11.1 Å². The third-order valence-electron chi connectivity index (χ3n) is 8.69. The molecule has 3 heterocycles. The average Bonchev–Trinajstić information content (AvgIpc) is 3.56. The molecule has 1 saturated carbocycles. The number of pyridine rings is 1. The number of halogens is 1. The van der Waals surface area contributed by atoms with E-state index in [1.54, 1.807) is 35.1 Å². The number of aromatic nitrogens is 4. The maximum absolute atomic E-state index is 15.1. The second-order valence-electron chi connectivity index (χ2n) is 12.7. The normalized spacial score (nSPS) is 17.7. The Labute approximate surface area is 256 Å². The van der Waals surface area contributed by atoms with Crippen LogP contribution in [-0.2, 0) is 4.43 Å². The number of fused-ring (bicyclic) bond motifs is 1.